The van der Waals surface area contributed by atoms with Crippen LogP contribution in [0.1, 0.15) is 109 Å². The lowest BCUT2D eigenvalue weighted by atomic mass is 9.87. The van der Waals surface area contributed by atoms with Gasteiger partial charge in [0.2, 0.25) is 23.6 Å². The number of carbonyl (C=O) groups is 7. The van der Waals surface area contributed by atoms with Gasteiger partial charge in [-0.15, -0.1) is 0 Å². The van der Waals surface area contributed by atoms with Gasteiger partial charge in [-0.25, -0.2) is 4.98 Å². The van der Waals surface area contributed by atoms with Crippen molar-refractivity contribution in [2.24, 2.45) is 35.1 Å². The number of hydrogen-bond acceptors (Lipinski definition) is 13. The standard InChI is InChI=1S/C47H74N7O12PS/c1-30(2)19-38(42(57)21-33(20-34-24-50-29-51-34)46(61)53-39(26-55)43(58)23-36(45(49)60)31(3)27-67(63,64)65)52-47(62)40-22-35(66-18-12-11-15-32-13-7-6-8-14-32)25-54(40)44(59)17-10-5-4-9-16-41(56)37(48)28-68/h6-8,13-14,24,29-31,33,35-40,55,68H,4-5,9-12,15-23,25-28,48H2,1-3H3,(H2,49,60)(H,50,51)(H,52,62)(H,53,61)(H2,63,64,65)/t31-,33+,35+,36-,37?,38-,39-,40-/m0/s1. The molecule has 1 saturated heterocycles. The number of aromatic nitrogens is 2. The number of hydrogen-bond donors (Lipinski definition) is 9. The Morgan fingerprint density at radius 2 is 1.60 bits per heavy atom. The molecule has 4 amide bonds. The van der Waals surface area contributed by atoms with Crippen molar-refractivity contribution < 1.29 is 57.8 Å². The number of benzene rings is 1. The monoisotopic (exact) mass is 991 g/mol. The van der Waals surface area contributed by atoms with Crippen LogP contribution in [0, 0.1) is 23.7 Å². The van der Waals surface area contributed by atoms with Gasteiger partial charge < -0.3 is 51.6 Å². The molecule has 0 spiro atoms. The summed E-state index contributed by atoms with van der Waals surface area (Å²) >= 11 is 4.09. The minimum atomic E-state index is -4.58. The molecule has 2 aromatic rings. The summed E-state index contributed by atoms with van der Waals surface area (Å²) in [6, 6.07) is 5.93. The van der Waals surface area contributed by atoms with E-state index in [0.717, 1.165) is 25.7 Å². The van der Waals surface area contributed by atoms with Crippen LogP contribution in [0.25, 0.3) is 0 Å². The van der Waals surface area contributed by atoms with Gasteiger partial charge >= 0.3 is 7.60 Å². The summed E-state index contributed by atoms with van der Waals surface area (Å²) in [5, 5.41) is 15.6. The van der Waals surface area contributed by atoms with Gasteiger partial charge in [0, 0.05) is 75.2 Å². The first kappa shape index (κ1) is 58.0. The molecular formula is C47H74N7O12PS. The van der Waals surface area contributed by atoms with E-state index in [1.807, 2.05) is 32.0 Å². The number of nitrogens with one attached hydrogen (secondary N) is 3. The number of carbonyl (C=O) groups excluding carboxylic acids is 7. The maximum atomic E-state index is 14.3. The molecule has 10 N–H and O–H groups in total. The zero-order chi connectivity index (χ0) is 50.4. The van der Waals surface area contributed by atoms with Gasteiger partial charge in [-0.3, -0.25) is 38.1 Å². The van der Waals surface area contributed by atoms with Gasteiger partial charge in [0.15, 0.2) is 11.6 Å². The lowest BCUT2D eigenvalue weighted by Crippen LogP contribution is -2.52. The summed E-state index contributed by atoms with van der Waals surface area (Å²) in [5.74, 6) is -7.18. The van der Waals surface area contributed by atoms with Crippen molar-refractivity contribution in [3.63, 3.8) is 0 Å². The van der Waals surface area contributed by atoms with Crippen molar-refractivity contribution >= 4 is 61.2 Å². The Hall–Kier alpha value is -4.30. The molecule has 0 radical (unpaired) electrons. The van der Waals surface area contributed by atoms with Crippen LogP contribution < -0.4 is 22.1 Å². The molecule has 8 atom stereocenters. The van der Waals surface area contributed by atoms with Crippen LogP contribution in [0.15, 0.2) is 42.9 Å². The SMILES string of the molecule is CC(C)C[C@H](NC(=O)[C@@H]1C[C@@H](OCCCCc2ccccc2)CN1C(=O)CCCCCCC(=O)C(N)CS)C(=O)C[C@@H](Cc1cnc[nH]1)C(=O)N[C@@H](CO)C(=O)C[C@H](C(N)=O)[C@@H](C)CP(=O)(O)O. The first-order valence-corrected chi connectivity index (χ1v) is 26.1. The molecule has 1 unspecified atom stereocenters. The number of H-pyrrole nitrogens is 1. The van der Waals surface area contributed by atoms with Gasteiger partial charge in [-0.2, -0.15) is 12.6 Å². The highest BCUT2D eigenvalue weighted by Gasteiger charge is 2.41. The number of imidazole rings is 1. The summed E-state index contributed by atoms with van der Waals surface area (Å²) in [4.78, 5) is 121. The fourth-order valence-corrected chi connectivity index (χ4v) is 9.61. The third-order valence-electron chi connectivity index (χ3n) is 12.3. The van der Waals surface area contributed by atoms with Crippen molar-refractivity contribution in [3.05, 3.63) is 54.1 Å². The van der Waals surface area contributed by atoms with Gasteiger partial charge in [0.25, 0.3) is 0 Å². The van der Waals surface area contributed by atoms with E-state index < -0.39 is 111 Å². The normalized spacial score (nSPS) is 17.8. The number of nitrogens with two attached hydrogens (primary N) is 2. The summed E-state index contributed by atoms with van der Waals surface area (Å²) in [6.45, 7) is 4.83. The number of ether oxygens (including phenoxy) is 1. The Labute approximate surface area is 405 Å². The van der Waals surface area contributed by atoms with Gasteiger partial charge in [-0.05, 0) is 55.9 Å². The molecule has 0 bridgehead atoms. The number of ketones is 3. The fraction of sp³-hybridized carbons (Fsp3) is 0.660. The number of likely N-dealkylation sites (tertiary alicyclic amines) is 1. The quantitative estimate of drug-likeness (QED) is 0.0277. The lowest BCUT2D eigenvalue weighted by Gasteiger charge is -2.28. The number of thiol groups is 1. The van der Waals surface area contributed by atoms with E-state index in [1.54, 1.807) is 0 Å². The molecular weight excluding hydrogens is 918 g/mol. The molecule has 1 aliphatic heterocycles. The number of aromatic amines is 1. The molecule has 21 heteroatoms. The minimum Gasteiger partial charge on any atom is -0.394 e. The number of amides is 4. The van der Waals surface area contributed by atoms with Gasteiger partial charge in [-0.1, -0.05) is 63.9 Å². The van der Waals surface area contributed by atoms with Crippen molar-refractivity contribution in [3.8, 4) is 0 Å². The molecule has 3 rings (SSSR count). The Morgan fingerprint density at radius 1 is 0.926 bits per heavy atom. The van der Waals surface area contributed by atoms with Crippen LogP contribution in [0.3, 0.4) is 0 Å². The number of aryl methyl sites for hydroxylation is 1. The number of rotatable bonds is 34. The lowest BCUT2D eigenvalue weighted by molar-refractivity contribution is -0.140. The molecule has 0 aliphatic carbocycles. The summed E-state index contributed by atoms with van der Waals surface area (Å²) in [5.41, 5.74) is 13.0. The molecule has 0 saturated carbocycles. The second kappa shape index (κ2) is 29.7. The summed E-state index contributed by atoms with van der Waals surface area (Å²) in [6.07, 6.45) is 6.69. The number of unbranched alkanes of at least 4 members (excludes halogenated alkanes) is 4. The van der Waals surface area contributed by atoms with Crippen LogP contribution in [0.5, 0.6) is 0 Å². The number of Topliss-reactive ketones (excluding diaryl/α,β-unsaturated/α-hetero) is 3. The second-order valence-electron chi connectivity index (χ2n) is 18.5. The number of aliphatic hydroxyl groups is 1. The molecule has 1 aromatic heterocycles. The first-order chi connectivity index (χ1) is 32.2. The predicted molar refractivity (Wildman–Crippen MR) is 258 cm³/mol. The van der Waals surface area contributed by atoms with Gasteiger partial charge in [0.1, 0.15) is 17.9 Å². The highest BCUT2D eigenvalue weighted by molar-refractivity contribution is 7.80. The smallest absolute Gasteiger partial charge is 0.325 e. The Bertz CT molecular complexity index is 1970. The maximum absolute atomic E-state index is 14.3. The molecule has 1 aromatic carbocycles. The largest absolute Gasteiger partial charge is 0.394 e. The minimum absolute atomic E-state index is 0.0513. The Balaban J connectivity index is 1.75. The van der Waals surface area contributed by atoms with Crippen LogP contribution in [-0.2, 0) is 55.7 Å². The average molecular weight is 992 g/mol. The summed E-state index contributed by atoms with van der Waals surface area (Å²) in [7, 11) is -4.58. The highest BCUT2D eigenvalue weighted by Crippen LogP contribution is 2.39. The zero-order valence-electron chi connectivity index (χ0n) is 39.6. The molecule has 68 heavy (non-hydrogen) atoms. The number of aliphatic hydroxyl groups excluding tert-OH is 1. The molecule has 380 valence electrons. The van der Waals surface area contributed by atoms with E-state index in [4.69, 9.17) is 16.2 Å². The van der Waals surface area contributed by atoms with Crippen molar-refractivity contribution in [2.75, 3.05) is 31.7 Å². The Kier molecular flexibility index (Phi) is 25.3. The predicted octanol–water partition coefficient (Wildman–Crippen LogP) is 2.59. The third kappa shape index (κ3) is 20.7. The van der Waals surface area contributed by atoms with Crippen molar-refractivity contribution in [1.82, 2.24) is 25.5 Å². The van der Waals surface area contributed by atoms with Crippen LogP contribution in [0.2, 0.25) is 0 Å². The zero-order valence-corrected chi connectivity index (χ0v) is 41.4. The van der Waals surface area contributed by atoms with Crippen LogP contribution in [0.4, 0.5) is 0 Å². The van der Waals surface area contributed by atoms with E-state index in [-0.39, 0.29) is 55.6 Å². The van der Waals surface area contributed by atoms with Crippen molar-refractivity contribution in [1.29, 1.82) is 0 Å². The van der Waals surface area contributed by atoms with Crippen LogP contribution >= 0.6 is 20.2 Å². The van der Waals surface area contributed by atoms with E-state index in [1.165, 1.54) is 29.9 Å². The molecule has 19 nitrogen and oxygen atoms in total. The molecule has 1 fully saturated rings. The first-order valence-electron chi connectivity index (χ1n) is 23.6. The number of nitrogens with zero attached hydrogens (tertiary/aromatic N) is 2. The molecule has 1 aliphatic rings. The highest BCUT2D eigenvalue weighted by atomic mass is 32.1. The summed E-state index contributed by atoms with van der Waals surface area (Å²) < 4.78 is 17.9. The second-order valence-corrected chi connectivity index (χ2v) is 20.5. The maximum Gasteiger partial charge on any atom is 0.325 e. The van der Waals surface area contributed by atoms with Gasteiger partial charge in [0.05, 0.1) is 43.2 Å². The fourth-order valence-electron chi connectivity index (χ4n) is 8.40. The Morgan fingerprint density at radius 3 is 2.21 bits per heavy atom. The molecule has 2 heterocycles. The van der Waals surface area contributed by atoms with E-state index in [0.29, 0.717) is 38.0 Å². The topological polar surface area (TPSA) is 314 Å². The van der Waals surface area contributed by atoms with E-state index in [9.17, 15) is 53.0 Å². The average Bonchev–Trinajstić information content (AvgIpc) is 3.97. The number of primary amides is 1. The van der Waals surface area contributed by atoms with Crippen molar-refractivity contribution in [2.45, 2.75) is 141 Å². The third-order valence-corrected chi connectivity index (χ3v) is 13.7. The van der Waals surface area contributed by atoms with Crippen LogP contribution in [-0.4, -0.2) is 133 Å². The van der Waals surface area contributed by atoms with E-state index in [2.05, 4.69) is 45.4 Å². The van der Waals surface area contributed by atoms with E-state index >= 15 is 0 Å².